The number of carbonyl (C=O) groups is 1. The summed E-state index contributed by atoms with van der Waals surface area (Å²) in [6.45, 7) is 2.46. The molecule has 1 fully saturated rings. The molecule has 0 bridgehead atoms. The number of alkyl halides is 1. The Labute approximate surface area is 190 Å². The number of carbonyl (C=O) groups excluding carboxylic acids is 1. The molecule has 1 atom stereocenters. The molecule has 3 aromatic rings. The van der Waals surface area contributed by atoms with Gasteiger partial charge in [-0.05, 0) is 44.9 Å². The number of anilines is 3. The van der Waals surface area contributed by atoms with Gasteiger partial charge in [-0.1, -0.05) is 12.8 Å². The van der Waals surface area contributed by atoms with Crippen molar-refractivity contribution in [1.29, 1.82) is 0 Å². The van der Waals surface area contributed by atoms with E-state index in [2.05, 4.69) is 29.7 Å². The lowest BCUT2D eigenvalue weighted by Gasteiger charge is -2.23. The molecule has 0 spiro atoms. The van der Waals surface area contributed by atoms with E-state index in [9.17, 15) is 14.3 Å². The third-order valence-corrected chi connectivity index (χ3v) is 6.15. The summed E-state index contributed by atoms with van der Waals surface area (Å²) in [5.74, 6) is 0.135. The maximum atomic E-state index is 14.1. The maximum absolute atomic E-state index is 14.1. The zero-order chi connectivity index (χ0) is 22.7. The Morgan fingerprint density at radius 3 is 2.75 bits per heavy atom. The van der Waals surface area contributed by atoms with Crippen LogP contribution >= 0.6 is 11.7 Å². The Kier molecular flexibility index (Phi) is 6.52. The van der Waals surface area contributed by atoms with Gasteiger partial charge in [0.25, 0.3) is 5.91 Å². The normalized spacial score (nSPS) is 15.6. The molecule has 1 amide bonds. The summed E-state index contributed by atoms with van der Waals surface area (Å²) >= 11 is 1.16. The number of hydrogen-bond acceptors (Lipinski definition) is 8. The number of pyridine rings is 1. The third kappa shape index (κ3) is 5.31. The highest BCUT2D eigenvalue weighted by Gasteiger charge is 2.27. The van der Waals surface area contributed by atoms with E-state index in [1.165, 1.54) is 20.0 Å². The predicted octanol–water partition coefficient (Wildman–Crippen LogP) is 4.02. The summed E-state index contributed by atoms with van der Waals surface area (Å²) in [4.78, 5) is 17.2. The summed E-state index contributed by atoms with van der Waals surface area (Å²) in [5, 5.41) is 19.0. The Balaban J connectivity index is 1.54. The lowest BCUT2D eigenvalue weighted by molar-refractivity contribution is -0.00177. The van der Waals surface area contributed by atoms with E-state index in [1.54, 1.807) is 6.07 Å². The van der Waals surface area contributed by atoms with Gasteiger partial charge in [0.15, 0.2) is 0 Å². The topological polar surface area (TPSA) is 112 Å². The van der Waals surface area contributed by atoms with Crippen molar-refractivity contribution in [1.82, 2.24) is 19.0 Å². The van der Waals surface area contributed by atoms with Gasteiger partial charge in [-0.15, -0.1) is 0 Å². The van der Waals surface area contributed by atoms with E-state index in [1.807, 2.05) is 18.2 Å². The molecule has 0 saturated heterocycles. The van der Waals surface area contributed by atoms with Gasteiger partial charge < -0.3 is 21.1 Å². The van der Waals surface area contributed by atoms with Crippen LogP contribution < -0.4 is 16.0 Å². The molecule has 1 aliphatic carbocycles. The molecule has 170 valence electrons. The van der Waals surface area contributed by atoms with Gasteiger partial charge in [0.2, 0.25) is 0 Å². The molecule has 0 unspecified atom stereocenters. The molecular weight excluding hydrogens is 431 g/mol. The molecule has 32 heavy (non-hydrogen) atoms. The molecule has 4 N–H and O–H groups in total. The van der Waals surface area contributed by atoms with E-state index in [4.69, 9.17) is 0 Å². The fourth-order valence-corrected chi connectivity index (χ4v) is 4.17. The van der Waals surface area contributed by atoms with Crippen LogP contribution in [0.3, 0.4) is 0 Å². The predicted molar refractivity (Wildman–Crippen MR) is 124 cm³/mol. The fraction of sp³-hybridized carbons (Fsp3) is 0.455. The van der Waals surface area contributed by atoms with E-state index in [0.717, 1.165) is 54.1 Å². The molecule has 10 heteroatoms. The first-order valence-electron chi connectivity index (χ1n) is 10.7. The number of halogens is 1. The highest BCUT2D eigenvalue weighted by atomic mass is 32.1. The van der Waals surface area contributed by atoms with E-state index < -0.39 is 17.7 Å². The molecule has 1 aliphatic rings. The molecule has 1 aromatic carbocycles. The van der Waals surface area contributed by atoms with Crippen LogP contribution in [0.1, 0.15) is 49.9 Å². The number of nitrogens with one attached hydrogen (secondary N) is 3. The second-order valence-electron chi connectivity index (χ2n) is 8.66. The van der Waals surface area contributed by atoms with Crippen LogP contribution in [0.2, 0.25) is 0 Å². The van der Waals surface area contributed by atoms with Crippen molar-refractivity contribution in [3.8, 4) is 0 Å². The SMILES string of the molecule is CC(C)(O)[C@H](F)CNC(=O)c1cnc(Nc2ccc3nsnc3c2)cc1NC1CCCC1. The number of rotatable bonds is 8. The first kappa shape index (κ1) is 22.3. The van der Waals surface area contributed by atoms with Crippen molar-refractivity contribution in [3.63, 3.8) is 0 Å². The van der Waals surface area contributed by atoms with Crippen LogP contribution in [-0.2, 0) is 0 Å². The van der Waals surface area contributed by atoms with Gasteiger partial charge in [0.05, 0.1) is 35.1 Å². The number of hydrogen-bond donors (Lipinski definition) is 4. The number of fused-ring (bicyclic) bond motifs is 1. The average molecular weight is 459 g/mol. The van der Waals surface area contributed by atoms with Gasteiger partial charge in [-0.3, -0.25) is 4.79 Å². The minimum Gasteiger partial charge on any atom is -0.387 e. The Bertz CT molecular complexity index is 1090. The molecule has 8 nitrogen and oxygen atoms in total. The quantitative estimate of drug-likeness (QED) is 0.403. The third-order valence-electron chi connectivity index (χ3n) is 5.60. The number of amides is 1. The second-order valence-corrected chi connectivity index (χ2v) is 9.19. The molecule has 4 rings (SSSR count). The Hall–Kier alpha value is -2.85. The van der Waals surface area contributed by atoms with Crippen molar-refractivity contribution >= 4 is 45.9 Å². The van der Waals surface area contributed by atoms with Crippen molar-refractivity contribution in [3.05, 3.63) is 36.0 Å². The first-order valence-corrected chi connectivity index (χ1v) is 11.4. The average Bonchev–Trinajstić information content (AvgIpc) is 3.42. The van der Waals surface area contributed by atoms with Crippen LogP contribution in [0.25, 0.3) is 11.0 Å². The lowest BCUT2D eigenvalue weighted by atomic mass is 10.0. The Morgan fingerprint density at radius 1 is 1.25 bits per heavy atom. The van der Waals surface area contributed by atoms with Crippen LogP contribution in [0.15, 0.2) is 30.5 Å². The smallest absolute Gasteiger partial charge is 0.255 e. The van der Waals surface area contributed by atoms with E-state index >= 15 is 0 Å². The van der Waals surface area contributed by atoms with Crippen molar-refractivity contribution in [2.75, 3.05) is 17.2 Å². The number of aliphatic hydroxyl groups is 1. The molecule has 1 saturated carbocycles. The summed E-state index contributed by atoms with van der Waals surface area (Å²) in [7, 11) is 0. The number of benzene rings is 1. The minimum atomic E-state index is -1.58. The molecule has 2 heterocycles. The summed E-state index contributed by atoms with van der Waals surface area (Å²) in [5.41, 5.74) is 1.89. The highest BCUT2D eigenvalue weighted by Crippen LogP contribution is 2.28. The minimum absolute atomic E-state index is 0.277. The summed E-state index contributed by atoms with van der Waals surface area (Å²) < 4.78 is 22.6. The first-order chi connectivity index (χ1) is 15.3. The van der Waals surface area contributed by atoms with Crippen LogP contribution in [0.4, 0.5) is 21.6 Å². The zero-order valence-electron chi connectivity index (χ0n) is 18.1. The summed E-state index contributed by atoms with van der Waals surface area (Å²) in [6.07, 6.45) is 4.25. The molecule has 0 aliphatic heterocycles. The fourth-order valence-electron chi connectivity index (χ4n) is 3.65. The zero-order valence-corrected chi connectivity index (χ0v) is 18.9. The molecular formula is C22H27FN6O2S. The summed E-state index contributed by atoms with van der Waals surface area (Å²) in [6, 6.07) is 7.74. The second kappa shape index (κ2) is 9.33. The van der Waals surface area contributed by atoms with Crippen LogP contribution in [0.5, 0.6) is 0 Å². The molecule has 2 aromatic heterocycles. The maximum Gasteiger partial charge on any atom is 0.255 e. The Morgan fingerprint density at radius 2 is 2.00 bits per heavy atom. The van der Waals surface area contributed by atoms with Crippen LogP contribution in [-0.4, -0.2) is 49.1 Å². The largest absolute Gasteiger partial charge is 0.387 e. The van der Waals surface area contributed by atoms with Gasteiger partial charge in [0, 0.05) is 24.0 Å². The van der Waals surface area contributed by atoms with Gasteiger partial charge in [-0.25, -0.2) is 9.37 Å². The molecule has 0 radical (unpaired) electrons. The van der Waals surface area contributed by atoms with Gasteiger partial charge in [0.1, 0.15) is 23.0 Å². The highest BCUT2D eigenvalue weighted by molar-refractivity contribution is 7.00. The van der Waals surface area contributed by atoms with Crippen molar-refractivity contribution in [2.24, 2.45) is 0 Å². The van der Waals surface area contributed by atoms with E-state index in [0.29, 0.717) is 17.1 Å². The van der Waals surface area contributed by atoms with Gasteiger partial charge >= 0.3 is 0 Å². The number of aromatic nitrogens is 3. The lowest BCUT2D eigenvalue weighted by Crippen LogP contribution is -2.42. The monoisotopic (exact) mass is 458 g/mol. The van der Waals surface area contributed by atoms with Gasteiger partial charge in [-0.2, -0.15) is 8.75 Å². The number of nitrogens with zero attached hydrogens (tertiary/aromatic N) is 3. The van der Waals surface area contributed by atoms with Crippen LogP contribution in [0, 0.1) is 0 Å². The van der Waals surface area contributed by atoms with E-state index in [-0.39, 0.29) is 12.6 Å². The van der Waals surface area contributed by atoms with Crippen molar-refractivity contribution in [2.45, 2.75) is 57.3 Å². The van der Waals surface area contributed by atoms with Crippen molar-refractivity contribution < 1.29 is 14.3 Å². The standard InChI is InChI=1S/C22H27FN6O2S/c1-22(2,31)19(23)12-25-21(30)15-11-24-20(10-17(15)26-13-5-3-4-6-13)27-14-7-8-16-18(9-14)29-32-28-16/h7-11,13,19,31H,3-6,12H2,1-2H3,(H,25,30)(H2,24,26,27)/t19-/m1/s1.